The molecule has 1 aliphatic heterocycles. The van der Waals surface area contributed by atoms with Gasteiger partial charge in [0.1, 0.15) is 0 Å². The summed E-state index contributed by atoms with van der Waals surface area (Å²) in [4.78, 5) is 25.6. The van der Waals surface area contributed by atoms with Crippen molar-refractivity contribution in [3.05, 3.63) is 41.2 Å². The zero-order valence-electron chi connectivity index (χ0n) is 19.0. The van der Waals surface area contributed by atoms with E-state index in [1.54, 1.807) is 23.0 Å². The Labute approximate surface area is 199 Å². The van der Waals surface area contributed by atoms with Crippen LogP contribution in [-0.2, 0) is 21.4 Å². The number of nitrogens with one attached hydrogen (secondary N) is 2. The Bertz CT molecular complexity index is 1090. The lowest BCUT2D eigenvalue weighted by Crippen LogP contribution is -2.41. The highest BCUT2D eigenvalue weighted by atomic mass is 35.5. The van der Waals surface area contributed by atoms with Crippen LogP contribution in [0.15, 0.2) is 35.4 Å². The van der Waals surface area contributed by atoms with Gasteiger partial charge in [-0.25, -0.2) is 8.42 Å². The molecular formula is C22H30ClN5O4S. The first kappa shape index (κ1) is 25.2. The molecule has 0 atom stereocenters. The van der Waals surface area contributed by atoms with Gasteiger partial charge in [0.2, 0.25) is 15.9 Å². The summed E-state index contributed by atoms with van der Waals surface area (Å²) in [5.74, 6) is -0.657. The summed E-state index contributed by atoms with van der Waals surface area (Å²) in [6.45, 7) is 7.41. The highest BCUT2D eigenvalue weighted by molar-refractivity contribution is 7.89. The van der Waals surface area contributed by atoms with Crippen LogP contribution in [0.1, 0.15) is 44.1 Å². The molecule has 33 heavy (non-hydrogen) atoms. The van der Waals surface area contributed by atoms with E-state index in [0.717, 1.165) is 0 Å². The lowest BCUT2D eigenvalue weighted by molar-refractivity contribution is -0.120. The highest BCUT2D eigenvalue weighted by Gasteiger charge is 2.32. The molecule has 11 heteroatoms. The average Bonchev–Trinajstić information content (AvgIpc) is 3.20. The molecule has 1 aromatic carbocycles. The van der Waals surface area contributed by atoms with Gasteiger partial charge in [-0.3, -0.25) is 14.3 Å². The summed E-state index contributed by atoms with van der Waals surface area (Å²) in [5, 5.41) is 10.4. The molecule has 0 spiro atoms. The molecule has 9 nitrogen and oxygen atoms in total. The van der Waals surface area contributed by atoms with Crippen LogP contribution in [0.3, 0.4) is 0 Å². The van der Waals surface area contributed by atoms with Crippen molar-refractivity contribution in [2.45, 2.75) is 45.1 Å². The largest absolute Gasteiger partial charge is 0.350 e. The number of hydrogen-bond donors (Lipinski definition) is 2. The zero-order chi connectivity index (χ0) is 24.2. The smallest absolute Gasteiger partial charge is 0.273 e. The van der Waals surface area contributed by atoms with E-state index >= 15 is 0 Å². The molecule has 0 saturated carbocycles. The second-order valence-corrected chi connectivity index (χ2v) is 10.8. The molecule has 0 aliphatic carbocycles. The number of halogens is 1. The molecule has 3 rings (SSSR count). The van der Waals surface area contributed by atoms with Crippen molar-refractivity contribution >= 4 is 39.1 Å². The molecule has 1 saturated heterocycles. The summed E-state index contributed by atoms with van der Waals surface area (Å²) >= 11 is 5.86. The Hall–Kier alpha value is -2.43. The molecule has 1 fully saturated rings. The number of aryl methyl sites for hydroxylation is 1. The number of benzene rings is 1. The van der Waals surface area contributed by atoms with Crippen LogP contribution in [0.4, 0.5) is 5.69 Å². The Kier molecular flexibility index (Phi) is 8.14. The third-order valence-electron chi connectivity index (χ3n) is 5.51. The maximum absolute atomic E-state index is 12.9. The molecule has 0 bridgehead atoms. The van der Waals surface area contributed by atoms with Crippen molar-refractivity contribution in [2.24, 2.45) is 11.8 Å². The molecule has 0 radical (unpaired) electrons. The van der Waals surface area contributed by atoms with Crippen molar-refractivity contribution in [3.8, 4) is 0 Å². The summed E-state index contributed by atoms with van der Waals surface area (Å²) < 4.78 is 28.7. The minimum atomic E-state index is -3.64. The second kappa shape index (κ2) is 10.7. The molecule has 1 aromatic heterocycles. The van der Waals surface area contributed by atoms with Gasteiger partial charge in [0, 0.05) is 43.3 Å². The quantitative estimate of drug-likeness (QED) is 0.584. The topological polar surface area (TPSA) is 113 Å². The first-order valence-electron chi connectivity index (χ1n) is 11.0. The van der Waals surface area contributed by atoms with Crippen molar-refractivity contribution in [1.29, 1.82) is 0 Å². The van der Waals surface area contributed by atoms with Crippen molar-refractivity contribution in [3.63, 3.8) is 0 Å². The van der Waals surface area contributed by atoms with E-state index in [1.165, 1.54) is 16.4 Å². The summed E-state index contributed by atoms with van der Waals surface area (Å²) in [6, 6.07) is 6.04. The van der Waals surface area contributed by atoms with Crippen LogP contribution in [0.5, 0.6) is 0 Å². The fourth-order valence-electron chi connectivity index (χ4n) is 3.57. The normalized spacial score (nSPS) is 15.5. The van der Waals surface area contributed by atoms with Crippen molar-refractivity contribution in [1.82, 2.24) is 19.4 Å². The Balaban J connectivity index is 1.64. The number of carbonyl (C=O) groups excluding carboxylic acids is 2. The fourth-order valence-corrected chi connectivity index (χ4v) is 5.17. The summed E-state index contributed by atoms with van der Waals surface area (Å²) in [7, 11) is -3.64. The molecule has 0 unspecified atom stereocenters. The zero-order valence-corrected chi connectivity index (χ0v) is 20.6. The predicted molar refractivity (Wildman–Crippen MR) is 127 cm³/mol. The molecule has 180 valence electrons. The number of anilines is 1. The van der Waals surface area contributed by atoms with Crippen LogP contribution >= 0.6 is 11.6 Å². The molecule has 2 aromatic rings. The van der Waals surface area contributed by atoms with Crippen LogP contribution in [0.2, 0.25) is 5.02 Å². The highest BCUT2D eigenvalue weighted by Crippen LogP contribution is 2.26. The first-order chi connectivity index (χ1) is 15.6. The van der Waals surface area contributed by atoms with Gasteiger partial charge in [-0.1, -0.05) is 25.4 Å². The third-order valence-corrected chi connectivity index (χ3v) is 7.67. The lowest BCUT2D eigenvalue weighted by Gasteiger charge is -2.30. The SMILES string of the molecule is CCn1cc(NC(=O)C2CCN(S(=O)(=O)c3ccc(Cl)cc3)CC2)c(C(=O)NCC(C)C)n1. The second-order valence-electron chi connectivity index (χ2n) is 8.47. The van der Waals surface area contributed by atoms with Crippen LogP contribution < -0.4 is 10.6 Å². The summed E-state index contributed by atoms with van der Waals surface area (Å²) in [5.41, 5.74) is 0.535. The first-order valence-corrected chi connectivity index (χ1v) is 12.9. The van der Waals surface area contributed by atoms with Gasteiger partial charge in [0.05, 0.1) is 10.6 Å². The Morgan fingerprint density at radius 2 is 1.82 bits per heavy atom. The van der Waals surface area contributed by atoms with Gasteiger partial charge in [-0.05, 0) is 49.9 Å². The van der Waals surface area contributed by atoms with E-state index in [-0.39, 0.29) is 47.3 Å². The van der Waals surface area contributed by atoms with Gasteiger partial charge in [0.15, 0.2) is 5.69 Å². The number of aromatic nitrogens is 2. The van der Waals surface area contributed by atoms with Gasteiger partial charge < -0.3 is 10.6 Å². The minimum absolute atomic E-state index is 0.175. The van der Waals surface area contributed by atoms with Crippen LogP contribution in [-0.4, -0.2) is 54.0 Å². The van der Waals surface area contributed by atoms with Gasteiger partial charge >= 0.3 is 0 Å². The minimum Gasteiger partial charge on any atom is -0.350 e. The van der Waals surface area contributed by atoms with Gasteiger partial charge in [-0.15, -0.1) is 0 Å². The number of rotatable bonds is 8. The molecule has 2 heterocycles. The van der Waals surface area contributed by atoms with Crippen LogP contribution in [0, 0.1) is 11.8 Å². The van der Waals surface area contributed by atoms with E-state index in [2.05, 4.69) is 15.7 Å². The Morgan fingerprint density at radius 1 is 1.18 bits per heavy atom. The number of piperidine rings is 1. The van der Waals surface area contributed by atoms with E-state index in [1.807, 2.05) is 20.8 Å². The number of sulfonamides is 1. The van der Waals surface area contributed by atoms with E-state index in [0.29, 0.717) is 36.6 Å². The van der Waals surface area contributed by atoms with Gasteiger partial charge in [0.25, 0.3) is 5.91 Å². The molecular weight excluding hydrogens is 466 g/mol. The number of nitrogens with zero attached hydrogens (tertiary/aromatic N) is 3. The fraction of sp³-hybridized carbons (Fsp3) is 0.500. The summed E-state index contributed by atoms with van der Waals surface area (Å²) in [6.07, 6.45) is 2.41. The van der Waals surface area contributed by atoms with Crippen molar-refractivity contribution in [2.75, 3.05) is 25.0 Å². The molecule has 2 N–H and O–H groups in total. The lowest BCUT2D eigenvalue weighted by atomic mass is 9.97. The standard InChI is InChI=1S/C22H30ClN5O4S/c1-4-27-14-19(20(26-27)22(30)24-13-15(2)3)25-21(29)16-9-11-28(12-10-16)33(31,32)18-7-5-17(23)6-8-18/h5-8,14-16H,4,9-13H2,1-3H3,(H,24,30)(H,25,29). The number of hydrogen-bond acceptors (Lipinski definition) is 5. The number of carbonyl (C=O) groups is 2. The molecule has 1 aliphatic rings. The monoisotopic (exact) mass is 495 g/mol. The van der Waals surface area contributed by atoms with E-state index < -0.39 is 10.0 Å². The third kappa shape index (κ3) is 6.13. The molecule has 2 amide bonds. The number of amides is 2. The van der Waals surface area contributed by atoms with Crippen molar-refractivity contribution < 1.29 is 18.0 Å². The Morgan fingerprint density at radius 3 is 2.39 bits per heavy atom. The average molecular weight is 496 g/mol. The predicted octanol–water partition coefficient (Wildman–Crippen LogP) is 2.98. The van der Waals surface area contributed by atoms with E-state index in [9.17, 15) is 18.0 Å². The maximum Gasteiger partial charge on any atom is 0.273 e. The van der Waals surface area contributed by atoms with Crippen LogP contribution in [0.25, 0.3) is 0 Å². The van der Waals surface area contributed by atoms with E-state index in [4.69, 9.17) is 11.6 Å². The van der Waals surface area contributed by atoms with Gasteiger partial charge in [-0.2, -0.15) is 9.40 Å². The maximum atomic E-state index is 12.9.